The molecule has 2 aromatic carbocycles. The van der Waals surface area contributed by atoms with E-state index in [9.17, 15) is 12.8 Å². The first-order chi connectivity index (χ1) is 9.97. The van der Waals surface area contributed by atoms with Crippen LogP contribution < -0.4 is 10.5 Å². The van der Waals surface area contributed by atoms with Crippen molar-refractivity contribution in [2.75, 3.05) is 4.72 Å². The smallest absolute Gasteiger partial charge is 0.261 e. The normalized spacial score (nSPS) is 11.4. The van der Waals surface area contributed by atoms with E-state index in [0.29, 0.717) is 0 Å². The molecule has 0 saturated heterocycles. The van der Waals surface area contributed by atoms with Gasteiger partial charge in [-0.15, -0.1) is 0 Å². The highest BCUT2D eigenvalue weighted by Gasteiger charge is 2.17. The molecule has 21 heavy (non-hydrogen) atoms. The van der Waals surface area contributed by atoms with Gasteiger partial charge in [-0.2, -0.15) is 0 Å². The van der Waals surface area contributed by atoms with Crippen molar-refractivity contribution in [3.8, 4) is 0 Å². The van der Waals surface area contributed by atoms with E-state index in [-0.39, 0.29) is 17.1 Å². The maximum Gasteiger partial charge on any atom is 0.261 e. The lowest BCUT2D eigenvalue weighted by Crippen LogP contribution is -2.15. The van der Waals surface area contributed by atoms with Crippen molar-refractivity contribution >= 4 is 15.7 Å². The summed E-state index contributed by atoms with van der Waals surface area (Å²) in [5.74, 6) is -0.620. The molecule has 0 aliphatic carbocycles. The summed E-state index contributed by atoms with van der Waals surface area (Å²) in [5.41, 5.74) is 7.34. The van der Waals surface area contributed by atoms with E-state index in [0.717, 1.165) is 17.5 Å². The molecule has 0 atom stereocenters. The number of para-hydroxylation sites is 1. The minimum atomic E-state index is -3.84. The van der Waals surface area contributed by atoms with E-state index in [1.54, 1.807) is 12.1 Å². The SMILES string of the molecule is CCc1ccc(S(=O)(=O)Nc2ccccc2F)cc1CN. The Morgan fingerprint density at radius 1 is 1.14 bits per heavy atom. The maximum absolute atomic E-state index is 13.6. The Labute approximate surface area is 123 Å². The van der Waals surface area contributed by atoms with Crippen molar-refractivity contribution in [3.05, 3.63) is 59.4 Å². The summed E-state index contributed by atoms with van der Waals surface area (Å²) < 4.78 is 40.4. The van der Waals surface area contributed by atoms with Crippen molar-refractivity contribution in [2.45, 2.75) is 24.8 Å². The van der Waals surface area contributed by atoms with E-state index in [2.05, 4.69) is 4.72 Å². The van der Waals surface area contributed by atoms with Crippen LogP contribution in [0.15, 0.2) is 47.4 Å². The fraction of sp³-hybridized carbons (Fsp3) is 0.200. The second kappa shape index (κ2) is 6.24. The van der Waals surface area contributed by atoms with Crippen LogP contribution in [0.25, 0.3) is 0 Å². The van der Waals surface area contributed by atoms with Crippen molar-refractivity contribution in [2.24, 2.45) is 5.73 Å². The summed E-state index contributed by atoms with van der Waals surface area (Å²) in [4.78, 5) is 0.0726. The number of hydrogen-bond acceptors (Lipinski definition) is 3. The van der Waals surface area contributed by atoms with E-state index in [1.807, 2.05) is 6.92 Å². The number of nitrogens with one attached hydrogen (secondary N) is 1. The van der Waals surface area contributed by atoms with Gasteiger partial charge in [0.2, 0.25) is 0 Å². The third-order valence-electron chi connectivity index (χ3n) is 3.21. The lowest BCUT2D eigenvalue weighted by molar-refractivity contribution is 0.598. The molecule has 4 nitrogen and oxygen atoms in total. The van der Waals surface area contributed by atoms with Gasteiger partial charge in [0, 0.05) is 6.54 Å². The highest BCUT2D eigenvalue weighted by molar-refractivity contribution is 7.92. The number of benzene rings is 2. The van der Waals surface area contributed by atoms with E-state index >= 15 is 0 Å². The highest BCUT2D eigenvalue weighted by atomic mass is 32.2. The number of nitrogens with two attached hydrogens (primary N) is 1. The Hall–Kier alpha value is -1.92. The van der Waals surface area contributed by atoms with Crippen molar-refractivity contribution in [1.29, 1.82) is 0 Å². The molecule has 2 aromatic rings. The Morgan fingerprint density at radius 3 is 2.48 bits per heavy atom. The van der Waals surface area contributed by atoms with Crippen LogP contribution >= 0.6 is 0 Å². The van der Waals surface area contributed by atoms with Crippen molar-refractivity contribution in [1.82, 2.24) is 0 Å². The van der Waals surface area contributed by atoms with Gasteiger partial charge in [0.25, 0.3) is 10.0 Å². The molecule has 0 saturated carbocycles. The zero-order valence-corrected chi connectivity index (χ0v) is 12.5. The molecule has 0 aliphatic rings. The molecule has 2 rings (SSSR count). The number of anilines is 1. The number of rotatable bonds is 5. The molecule has 0 unspecified atom stereocenters. The van der Waals surface area contributed by atoms with Crippen LogP contribution in [0, 0.1) is 5.82 Å². The minimum Gasteiger partial charge on any atom is -0.326 e. The van der Waals surface area contributed by atoms with Crippen LogP contribution in [-0.2, 0) is 23.0 Å². The molecule has 0 bridgehead atoms. The first-order valence-corrected chi connectivity index (χ1v) is 8.05. The first-order valence-electron chi connectivity index (χ1n) is 6.57. The zero-order valence-electron chi connectivity index (χ0n) is 11.6. The van der Waals surface area contributed by atoms with E-state index < -0.39 is 15.8 Å². The summed E-state index contributed by atoms with van der Waals surface area (Å²) in [6.45, 7) is 2.23. The van der Waals surface area contributed by atoms with E-state index in [1.165, 1.54) is 30.3 Å². The summed E-state index contributed by atoms with van der Waals surface area (Å²) in [6, 6.07) is 10.4. The van der Waals surface area contributed by atoms with Gasteiger partial charge in [-0.1, -0.05) is 25.1 Å². The molecule has 0 amide bonds. The molecule has 0 radical (unpaired) electrons. The molecule has 0 aromatic heterocycles. The Balaban J connectivity index is 2.38. The zero-order chi connectivity index (χ0) is 15.5. The molecule has 6 heteroatoms. The standard InChI is InChI=1S/C15H17FN2O2S/c1-2-11-7-8-13(9-12(11)10-17)21(19,20)18-15-6-4-3-5-14(15)16/h3-9,18H,2,10,17H2,1H3. The largest absolute Gasteiger partial charge is 0.326 e. The van der Waals surface area contributed by atoms with Gasteiger partial charge in [-0.3, -0.25) is 4.72 Å². The van der Waals surface area contributed by atoms with Crippen LogP contribution in [0.2, 0.25) is 0 Å². The Kier molecular flexibility index (Phi) is 4.59. The van der Waals surface area contributed by atoms with Gasteiger partial charge in [0.15, 0.2) is 0 Å². The molecule has 0 aliphatic heterocycles. The van der Waals surface area contributed by atoms with Gasteiger partial charge in [0.05, 0.1) is 10.6 Å². The van der Waals surface area contributed by atoms with Gasteiger partial charge < -0.3 is 5.73 Å². The van der Waals surface area contributed by atoms with Gasteiger partial charge in [0.1, 0.15) is 5.82 Å². The minimum absolute atomic E-state index is 0.0726. The molecule has 0 fully saturated rings. The topological polar surface area (TPSA) is 72.2 Å². The van der Waals surface area contributed by atoms with Crippen LogP contribution in [0.4, 0.5) is 10.1 Å². The fourth-order valence-corrected chi connectivity index (χ4v) is 3.17. The number of halogens is 1. The number of hydrogen-bond donors (Lipinski definition) is 2. The maximum atomic E-state index is 13.6. The summed E-state index contributed by atoms with van der Waals surface area (Å²) in [7, 11) is -3.84. The predicted octanol–water partition coefficient (Wildman–Crippen LogP) is 2.65. The summed E-state index contributed by atoms with van der Waals surface area (Å²) in [5, 5.41) is 0. The summed E-state index contributed by atoms with van der Waals surface area (Å²) in [6.07, 6.45) is 0.771. The first kappa shape index (κ1) is 15.5. The lowest BCUT2D eigenvalue weighted by Gasteiger charge is -2.12. The molecule has 0 spiro atoms. The van der Waals surface area contributed by atoms with Crippen LogP contribution in [0.5, 0.6) is 0 Å². The second-order valence-corrected chi connectivity index (χ2v) is 6.26. The number of sulfonamides is 1. The van der Waals surface area contributed by atoms with Gasteiger partial charge >= 0.3 is 0 Å². The average Bonchev–Trinajstić information content (AvgIpc) is 2.48. The second-order valence-electron chi connectivity index (χ2n) is 4.57. The molecule has 112 valence electrons. The lowest BCUT2D eigenvalue weighted by atomic mass is 10.1. The third-order valence-corrected chi connectivity index (χ3v) is 4.57. The Bertz CT molecular complexity index is 745. The molecular formula is C15H17FN2O2S. The molecule has 3 N–H and O–H groups in total. The van der Waals surface area contributed by atoms with Crippen molar-refractivity contribution < 1.29 is 12.8 Å². The van der Waals surface area contributed by atoms with Crippen molar-refractivity contribution in [3.63, 3.8) is 0 Å². The molecule has 0 heterocycles. The summed E-state index contributed by atoms with van der Waals surface area (Å²) >= 11 is 0. The van der Waals surface area contributed by atoms with E-state index in [4.69, 9.17) is 5.73 Å². The quantitative estimate of drug-likeness (QED) is 0.892. The molecular weight excluding hydrogens is 291 g/mol. The monoisotopic (exact) mass is 308 g/mol. The number of aryl methyl sites for hydroxylation is 1. The predicted molar refractivity (Wildman–Crippen MR) is 80.9 cm³/mol. The highest BCUT2D eigenvalue weighted by Crippen LogP contribution is 2.21. The Morgan fingerprint density at radius 2 is 1.86 bits per heavy atom. The van der Waals surface area contributed by atoms with Gasteiger partial charge in [-0.25, -0.2) is 12.8 Å². The fourth-order valence-electron chi connectivity index (χ4n) is 2.05. The van der Waals surface area contributed by atoms with Gasteiger partial charge in [-0.05, 0) is 41.8 Å². The third kappa shape index (κ3) is 3.40. The average molecular weight is 308 g/mol. The van der Waals surface area contributed by atoms with Crippen LogP contribution in [0.3, 0.4) is 0 Å². The van der Waals surface area contributed by atoms with Crippen LogP contribution in [-0.4, -0.2) is 8.42 Å². The van der Waals surface area contributed by atoms with Crippen LogP contribution in [0.1, 0.15) is 18.1 Å².